The van der Waals surface area contributed by atoms with Crippen molar-refractivity contribution in [1.29, 1.82) is 10.8 Å². The lowest BCUT2D eigenvalue weighted by Crippen LogP contribution is -2.75. The molecule has 2 fully saturated rings. The molecule has 4 rings (SSSR count). The smallest absolute Gasteiger partial charge is 0.417 e. The van der Waals surface area contributed by atoms with E-state index in [4.69, 9.17) is 15.6 Å². The average Bonchev–Trinajstić information content (AvgIpc) is 3.12. The fourth-order valence-corrected chi connectivity index (χ4v) is 4.95. The highest BCUT2D eigenvalue weighted by molar-refractivity contribution is 6.00. The van der Waals surface area contributed by atoms with E-state index in [0.29, 0.717) is 12.8 Å². The summed E-state index contributed by atoms with van der Waals surface area (Å²) in [6.07, 6.45) is -1.56. The Kier molecular flexibility index (Phi) is 5.41. The summed E-state index contributed by atoms with van der Waals surface area (Å²) in [5.74, 6) is -0.0505. The summed E-state index contributed by atoms with van der Waals surface area (Å²) in [6, 6.07) is 2.67. The van der Waals surface area contributed by atoms with Gasteiger partial charge in [-0.15, -0.1) is 0 Å². The molecule has 0 radical (unpaired) electrons. The monoisotopic (exact) mass is 463 g/mol. The first-order chi connectivity index (χ1) is 15.4. The standard InChI is InChI=1S/C21H24F3N7O2/c1-11-6-14-9-20(8-11,18(26)33-12(2)25)31(14)19(32)28-13-4-5-16(21(22,23)24)15(7-13)17-10-27-30(3)29-17/h4-5,7,10-11,14,25-26H,6,8-9H2,1-3H3,(H,28,32). The number of benzene rings is 1. The van der Waals surface area contributed by atoms with Crippen molar-refractivity contribution in [3.63, 3.8) is 0 Å². The van der Waals surface area contributed by atoms with Crippen LogP contribution < -0.4 is 5.32 Å². The van der Waals surface area contributed by atoms with Gasteiger partial charge in [-0.3, -0.25) is 10.8 Å². The number of fused-ring (bicyclic) bond motifs is 2. The molecular formula is C21H24F3N7O2. The van der Waals surface area contributed by atoms with Gasteiger partial charge in [0.2, 0.25) is 5.90 Å². The maximum atomic E-state index is 13.6. The molecule has 1 aromatic heterocycles. The molecule has 2 aromatic rings. The van der Waals surface area contributed by atoms with Gasteiger partial charge in [-0.25, -0.2) is 4.79 Å². The number of aryl methyl sites for hydroxylation is 1. The van der Waals surface area contributed by atoms with Gasteiger partial charge in [-0.05, 0) is 37.0 Å². The number of alkyl halides is 3. The average molecular weight is 463 g/mol. The Balaban J connectivity index is 1.63. The lowest BCUT2D eigenvalue weighted by atomic mass is 9.64. The van der Waals surface area contributed by atoms with Crippen molar-refractivity contribution >= 4 is 23.5 Å². The van der Waals surface area contributed by atoms with Crippen molar-refractivity contribution < 1.29 is 22.7 Å². The first-order valence-electron chi connectivity index (χ1n) is 10.4. The number of likely N-dealkylation sites (tertiary alicyclic amines) is 1. The Bertz CT molecular complexity index is 1130. The van der Waals surface area contributed by atoms with Crippen molar-refractivity contribution in [2.75, 3.05) is 5.32 Å². The van der Waals surface area contributed by atoms with Crippen LogP contribution in [0.5, 0.6) is 0 Å². The maximum absolute atomic E-state index is 13.6. The minimum absolute atomic E-state index is 0.0312. The number of hydrogen-bond donors (Lipinski definition) is 3. The summed E-state index contributed by atoms with van der Waals surface area (Å²) >= 11 is 0. The topological polar surface area (TPSA) is 120 Å². The van der Waals surface area contributed by atoms with Crippen LogP contribution in [0, 0.1) is 16.7 Å². The molecule has 2 heterocycles. The van der Waals surface area contributed by atoms with Crippen molar-refractivity contribution in [2.45, 2.75) is 50.9 Å². The lowest BCUT2D eigenvalue weighted by Gasteiger charge is -2.62. The number of anilines is 1. The molecule has 0 spiro atoms. The van der Waals surface area contributed by atoms with Gasteiger partial charge in [0.25, 0.3) is 0 Å². The van der Waals surface area contributed by atoms with Crippen LogP contribution in [-0.2, 0) is 18.0 Å². The predicted octanol–water partition coefficient (Wildman–Crippen LogP) is 4.27. The number of hydrogen-bond acceptors (Lipinski definition) is 6. The zero-order chi connectivity index (χ0) is 24.1. The molecule has 1 aliphatic heterocycles. The zero-order valence-electron chi connectivity index (χ0n) is 18.3. The minimum atomic E-state index is -4.61. The molecule has 2 bridgehead atoms. The van der Waals surface area contributed by atoms with Gasteiger partial charge in [0, 0.05) is 37.7 Å². The molecule has 2 amide bonds. The number of nitrogens with one attached hydrogen (secondary N) is 3. The fraction of sp³-hybridized carbons (Fsp3) is 0.476. The second-order valence-corrected chi connectivity index (χ2v) is 8.70. The SMILES string of the molecule is CC(=N)OC(=N)C12CC(C)CC(C1)N2C(=O)Nc1ccc(C(F)(F)F)c(-c2cnn(C)n2)c1. The van der Waals surface area contributed by atoms with E-state index in [-0.39, 0.29) is 40.7 Å². The summed E-state index contributed by atoms with van der Waals surface area (Å²) < 4.78 is 45.9. The predicted molar refractivity (Wildman–Crippen MR) is 114 cm³/mol. The quantitative estimate of drug-likeness (QED) is 0.465. The summed E-state index contributed by atoms with van der Waals surface area (Å²) in [5.41, 5.74) is -1.85. The number of ether oxygens (including phenoxy) is 1. The number of carbonyl (C=O) groups is 1. The molecule has 1 aromatic carbocycles. The third-order valence-electron chi connectivity index (χ3n) is 6.11. The van der Waals surface area contributed by atoms with Crippen LogP contribution in [0.15, 0.2) is 24.4 Å². The van der Waals surface area contributed by atoms with Gasteiger partial charge in [0.05, 0.1) is 11.8 Å². The Hall–Kier alpha value is -3.44. The van der Waals surface area contributed by atoms with Gasteiger partial charge >= 0.3 is 12.2 Å². The number of aromatic nitrogens is 3. The molecule has 1 saturated heterocycles. The first kappa shape index (κ1) is 22.7. The van der Waals surface area contributed by atoms with Crippen molar-refractivity contribution in [2.24, 2.45) is 13.0 Å². The van der Waals surface area contributed by atoms with E-state index in [1.54, 1.807) is 0 Å². The largest absolute Gasteiger partial charge is 0.428 e. The number of carbonyl (C=O) groups excluding carboxylic acids is 1. The van der Waals surface area contributed by atoms with Gasteiger partial charge in [-0.2, -0.15) is 28.2 Å². The van der Waals surface area contributed by atoms with Crippen LogP contribution >= 0.6 is 0 Å². The molecule has 3 N–H and O–H groups in total. The van der Waals surface area contributed by atoms with E-state index in [2.05, 4.69) is 15.5 Å². The molecule has 12 heteroatoms. The van der Waals surface area contributed by atoms with Gasteiger partial charge in [-0.1, -0.05) is 6.92 Å². The minimum Gasteiger partial charge on any atom is -0.428 e. The molecule has 9 nitrogen and oxygen atoms in total. The number of amides is 2. The molecule has 3 unspecified atom stereocenters. The van der Waals surface area contributed by atoms with Crippen molar-refractivity contribution in [3.05, 3.63) is 30.0 Å². The van der Waals surface area contributed by atoms with Crippen LogP contribution in [0.1, 0.15) is 38.7 Å². The van der Waals surface area contributed by atoms with E-state index in [9.17, 15) is 18.0 Å². The maximum Gasteiger partial charge on any atom is 0.417 e. The van der Waals surface area contributed by atoms with E-state index in [0.717, 1.165) is 17.3 Å². The highest BCUT2D eigenvalue weighted by atomic mass is 19.4. The normalized spacial score (nSPS) is 24.1. The zero-order valence-corrected chi connectivity index (χ0v) is 18.3. The van der Waals surface area contributed by atoms with Gasteiger partial charge < -0.3 is 15.0 Å². The fourth-order valence-electron chi connectivity index (χ4n) is 4.95. The van der Waals surface area contributed by atoms with Crippen LogP contribution in [0.25, 0.3) is 11.3 Å². The second kappa shape index (κ2) is 7.85. The summed E-state index contributed by atoms with van der Waals surface area (Å²) in [6.45, 7) is 3.44. The molecule has 33 heavy (non-hydrogen) atoms. The van der Waals surface area contributed by atoms with E-state index >= 15 is 0 Å². The third kappa shape index (κ3) is 4.05. The highest BCUT2D eigenvalue weighted by Crippen LogP contribution is 2.51. The number of rotatable bonds is 3. The molecular weight excluding hydrogens is 439 g/mol. The third-order valence-corrected chi connectivity index (χ3v) is 6.11. The lowest BCUT2D eigenvalue weighted by molar-refractivity contribution is -0.137. The van der Waals surface area contributed by atoms with Crippen LogP contribution in [0.4, 0.5) is 23.7 Å². The number of nitrogens with zero attached hydrogens (tertiary/aromatic N) is 4. The Morgan fingerprint density at radius 2 is 2.03 bits per heavy atom. The molecule has 2 aliphatic rings. The number of urea groups is 1. The van der Waals surface area contributed by atoms with Crippen molar-refractivity contribution in [1.82, 2.24) is 19.9 Å². The molecule has 176 valence electrons. The Morgan fingerprint density at radius 1 is 1.30 bits per heavy atom. The van der Waals surface area contributed by atoms with E-state index in [1.165, 1.54) is 37.2 Å². The highest BCUT2D eigenvalue weighted by Gasteiger charge is 2.62. The summed E-state index contributed by atoms with van der Waals surface area (Å²) in [7, 11) is 1.50. The van der Waals surface area contributed by atoms with Crippen molar-refractivity contribution in [3.8, 4) is 11.3 Å². The Morgan fingerprint density at radius 3 is 2.64 bits per heavy atom. The van der Waals surface area contributed by atoms with Crippen LogP contribution in [0.3, 0.4) is 0 Å². The van der Waals surface area contributed by atoms with Crippen LogP contribution in [-0.4, -0.2) is 49.3 Å². The Labute approximate surface area is 187 Å². The van der Waals surface area contributed by atoms with Gasteiger partial charge in [0.15, 0.2) is 5.90 Å². The molecule has 1 saturated carbocycles. The molecule has 3 atom stereocenters. The number of piperidine rings is 1. The second-order valence-electron chi connectivity index (χ2n) is 8.70. The van der Waals surface area contributed by atoms with Gasteiger partial charge in [0.1, 0.15) is 11.2 Å². The molecule has 1 aliphatic carbocycles. The van der Waals surface area contributed by atoms with E-state index in [1.807, 2.05) is 6.92 Å². The van der Waals surface area contributed by atoms with Crippen LogP contribution in [0.2, 0.25) is 0 Å². The van der Waals surface area contributed by atoms with E-state index < -0.39 is 23.3 Å². The first-order valence-corrected chi connectivity index (χ1v) is 10.4. The number of halogens is 3. The summed E-state index contributed by atoms with van der Waals surface area (Å²) in [4.78, 5) is 15.9. The summed E-state index contributed by atoms with van der Waals surface area (Å²) in [5, 5.41) is 26.4.